The number of hydrogen-bond acceptors (Lipinski definition) is 3. The van der Waals surface area contributed by atoms with Crippen molar-refractivity contribution in [3.63, 3.8) is 0 Å². The summed E-state index contributed by atoms with van der Waals surface area (Å²) in [5, 5.41) is 3.94. The summed E-state index contributed by atoms with van der Waals surface area (Å²) in [7, 11) is 1.39. The molecule has 7 nitrogen and oxygen atoms in total. The van der Waals surface area contributed by atoms with E-state index in [0.717, 1.165) is 58.5 Å². The molecule has 1 aliphatic rings. The lowest BCUT2D eigenvalue weighted by Gasteiger charge is -2.32. The van der Waals surface area contributed by atoms with E-state index in [-0.39, 0.29) is 12.1 Å². The number of carbonyl (C=O) groups is 1. The number of carbonyl (C=O) groups excluding carboxylic acids is 1. The van der Waals surface area contributed by atoms with E-state index in [2.05, 4.69) is 24.8 Å². The van der Waals surface area contributed by atoms with E-state index in [1.54, 1.807) is 6.20 Å². The molecule has 3 heterocycles. The van der Waals surface area contributed by atoms with Gasteiger partial charge in [-0.25, -0.2) is 23.5 Å². The maximum Gasteiger partial charge on any atom is 0.317 e. The number of amides is 2. The molecule has 0 spiro atoms. The molecule has 28 heavy (non-hydrogen) atoms. The van der Waals surface area contributed by atoms with Crippen molar-refractivity contribution in [3.05, 3.63) is 24.3 Å². The second-order valence-electron chi connectivity index (χ2n) is 7.49. The number of alkyl halides is 2. The molecule has 0 radical (unpaired) electrons. The van der Waals surface area contributed by atoms with E-state index in [4.69, 9.17) is 0 Å². The number of aromatic amines is 1. The number of hydrogen-bond donors (Lipinski definition) is 2. The first-order chi connectivity index (χ1) is 13.4. The van der Waals surface area contributed by atoms with Gasteiger partial charge in [-0.1, -0.05) is 0 Å². The lowest BCUT2D eigenvalue weighted by atomic mass is 9.90. The Kier molecular flexibility index (Phi) is 4.91. The van der Waals surface area contributed by atoms with E-state index in [0.29, 0.717) is 0 Å². The van der Waals surface area contributed by atoms with Crippen LogP contribution in [0.5, 0.6) is 0 Å². The molecule has 0 bridgehead atoms. The zero-order valence-electron chi connectivity index (χ0n) is 16.0. The van der Waals surface area contributed by atoms with Crippen molar-refractivity contribution >= 4 is 28.1 Å². The molecule has 1 fully saturated rings. The number of rotatable bonds is 4. The Morgan fingerprint density at radius 2 is 2.14 bits per heavy atom. The summed E-state index contributed by atoms with van der Waals surface area (Å²) < 4.78 is 27.2. The molecule has 3 aromatic rings. The van der Waals surface area contributed by atoms with Crippen LogP contribution in [0.1, 0.15) is 37.5 Å². The van der Waals surface area contributed by atoms with Crippen LogP contribution in [-0.4, -0.2) is 56.5 Å². The van der Waals surface area contributed by atoms with Crippen LogP contribution in [0.15, 0.2) is 18.5 Å². The number of H-pyrrole nitrogens is 1. The van der Waals surface area contributed by atoms with Crippen molar-refractivity contribution in [2.24, 2.45) is 0 Å². The van der Waals surface area contributed by atoms with E-state index in [1.165, 1.54) is 7.05 Å². The number of halogens is 2. The third kappa shape index (κ3) is 3.41. The lowest BCUT2D eigenvalue weighted by Crippen LogP contribution is -2.45. The molecule has 2 amide bonds. The molecule has 1 aliphatic carbocycles. The maximum atomic E-state index is 12.4. The molecule has 1 saturated carbocycles. The summed E-state index contributed by atoms with van der Waals surface area (Å²) in [5.41, 5.74) is 2.82. The molecule has 0 aromatic carbocycles. The Morgan fingerprint density at radius 3 is 2.86 bits per heavy atom. The van der Waals surface area contributed by atoms with Crippen molar-refractivity contribution in [1.82, 2.24) is 29.7 Å². The highest BCUT2D eigenvalue weighted by Gasteiger charge is 2.27. The quantitative estimate of drug-likeness (QED) is 0.714. The predicted molar refractivity (Wildman–Crippen MR) is 103 cm³/mol. The minimum Gasteiger partial charge on any atom is -0.346 e. The summed E-state index contributed by atoms with van der Waals surface area (Å²) in [4.78, 5) is 25.3. The molecule has 0 unspecified atom stereocenters. The largest absolute Gasteiger partial charge is 0.346 e. The smallest absolute Gasteiger partial charge is 0.317 e. The van der Waals surface area contributed by atoms with Gasteiger partial charge in [-0.15, -0.1) is 0 Å². The highest BCUT2D eigenvalue weighted by atomic mass is 19.3. The first-order valence-electron chi connectivity index (χ1n) is 9.54. The van der Waals surface area contributed by atoms with Gasteiger partial charge in [-0.2, -0.15) is 0 Å². The van der Waals surface area contributed by atoms with Gasteiger partial charge in [0.2, 0.25) is 0 Å². The average Bonchev–Trinajstić information content (AvgIpc) is 3.25. The van der Waals surface area contributed by atoms with Crippen molar-refractivity contribution in [1.29, 1.82) is 0 Å². The van der Waals surface area contributed by atoms with Gasteiger partial charge in [0.15, 0.2) is 0 Å². The number of fused-ring (bicyclic) bond motifs is 3. The van der Waals surface area contributed by atoms with Crippen molar-refractivity contribution in [2.75, 3.05) is 13.6 Å². The first-order valence-corrected chi connectivity index (χ1v) is 9.54. The number of nitrogens with zero attached hydrogens (tertiary/aromatic N) is 4. The molecule has 150 valence electrons. The average molecular weight is 390 g/mol. The monoisotopic (exact) mass is 390 g/mol. The highest BCUT2D eigenvalue weighted by molar-refractivity contribution is 6.01. The zero-order valence-corrected chi connectivity index (χ0v) is 16.0. The first kappa shape index (κ1) is 18.6. The maximum absolute atomic E-state index is 12.4. The van der Waals surface area contributed by atoms with Gasteiger partial charge in [0, 0.05) is 30.7 Å². The van der Waals surface area contributed by atoms with Crippen LogP contribution in [0.25, 0.3) is 22.1 Å². The summed E-state index contributed by atoms with van der Waals surface area (Å²) in [6.45, 7) is 1.45. The van der Waals surface area contributed by atoms with Gasteiger partial charge in [0.1, 0.15) is 17.0 Å². The van der Waals surface area contributed by atoms with Crippen LogP contribution in [-0.2, 0) is 0 Å². The molecule has 3 aromatic heterocycles. The summed E-state index contributed by atoms with van der Waals surface area (Å²) in [5.74, 6) is 0.953. The highest BCUT2D eigenvalue weighted by Crippen LogP contribution is 2.34. The van der Waals surface area contributed by atoms with Gasteiger partial charge >= 0.3 is 6.03 Å². The third-order valence-corrected chi connectivity index (χ3v) is 5.56. The lowest BCUT2D eigenvalue weighted by molar-refractivity contribution is 0.106. The number of imidazole rings is 1. The molecule has 4 rings (SSSR count). The van der Waals surface area contributed by atoms with Gasteiger partial charge in [0.25, 0.3) is 6.43 Å². The number of pyridine rings is 1. The standard InChI is InChI=1S/C19H24F2N6O/c1-11-24-15-9-23-18-14(7-8-22-18)17(15)27(11)13-5-3-12(4-6-13)25-19(28)26(2)10-16(20)21/h7-9,12-13,16H,3-6,10H2,1-2H3,(H,22,23)(H,25,28). The zero-order chi connectivity index (χ0) is 19.8. The molecule has 0 aliphatic heterocycles. The Hall–Kier alpha value is -2.71. The molecule has 9 heteroatoms. The van der Waals surface area contributed by atoms with Gasteiger partial charge in [0.05, 0.1) is 18.3 Å². The minimum atomic E-state index is -2.52. The molecule has 2 N–H and O–H groups in total. The molecule has 0 atom stereocenters. The van der Waals surface area contributed by atoms with Crippen molar-refractivity contribution in [2.45, 2.75) is 51.1 Å². The fourth-order valence-electron chi connectivity index (χ4n) is 4.21. The van der Waals surface area contributed by atoms with Crippen LogP contribution < -0.4 is 5.32 Å². The second kappa shape index (κ2) is 7.37. The molecular formula is C19H24F2N6O. The number of aromatic nitrogens is 4. The van der Waals surface area contributed by atoms with Crippen LogP contribution in [0, 0.1) is 6.92 Å². The fourth-order valence-corrected chi connectivity index (χ4v) is 4.21. The second-order valence-corrected chi connectivity index (χ2v) is 7.49. The van der Waals surface area contributed by atoms with Crippen LogP contribution >= 0.6 is 0 Å². The topological polar surface area (TPSA) is 78.8 Å². The Bertz CT molecular complexity index is 989. The van der Waals surface area contributed by atoms with Gasteiger partial charge in [-0.3, -0.25) is 0 Å². The third-order valence-electron chi connectivity index (χ3n) is 5.56. The number of aryl methyl sites for hydroxylation is 1. The number of urea groups is 1. The summed E-state index contributed by atoms with van der Waals surface area (Å²) in [6, 6.07) is 1.88. The Morgan fingerprint density at radius 1 is 1.39 bits per heavy atom. The summed E-state index contributed by atoms with van der Waals surface area (Å²) >= 11 is 0. The van der Waals surface area contributed by atoms with Crippen molar-refractivity contribution in [3.8, 4) is 0 Å². The van der Waals surface area contributed by atoms with E-state index < -0.39 is 19.0 Å². The van der Waals surface area contributed by atoms with Crippen LogP contribution in [0.2, 0.25) is 0 Å². The molecule has 0 saturated heterocycles. The Labute approximate surface area is 161 Å². The van der Waals surface area contributed by atoms with E-state index in [9.17, 15) is 13.6 Å². The van der Waals surface area contributed by atoms with Crippen LogP contribution in [0.3, 0.4) is 0 Å². The molecular weight excluding hydrogens is 366 g/mol. The normalized spacial score (nSPS) is 20.2. The van der Waals surface area contributed by atoms with Gasteiger partial charge < -0.3 is 19.8 Å². The minimum absolute atomic E-state index is 0.00732. The fraction of sp³-hybridized carbons (Fsp3) is 0.526. The Balaban J connectivity index is 1.48. The van der Waals surface area contributed by atoms with Crippen LogP contribution in [0.4, 0.5) is 13.6 Å². The van der Waals surface area contributed by atoms with E-state index >= 15 is 0 Å². The van der Waals surface area contributed by atoms with E-state index in [1.807, 2.05) is 19.2 Å². The number of nitrogens with one attached hydrogen (secondary N) is 2. The van der Waals surface area contributed by atoms with Crippen molar-refractivity contribution < 1.29 is 13.6 Å². The summed E-state index contributed by atoms with van der Waals surface area (Å²) in [6.07, 6.45) is 4.55. The SMILES string of the molecule is Cc1nc2cnc3[nH]ccc3c2n1C1CCC(NC(=O)N(C)CC(F)F)CC1. The predicted octanol–water partition coefficient (Wildman–Crippen LogP) is 3.61. The van der Waals surface area contributed by atoms with Gasteiger partial charge in [-0.05, 0) is 38.7 Å².